The highest BCUT2D eigenvalue weighted by atomic mass is 35.5. The van der Waals surface area contributed by atoms with Crippen LogP contribution in [0.25, 0.3) is 0 Å². The van der Waals surface area contributed by atoms with Crippen LogP contribution in [0.2, 0.25) is 5.02 Å². The third-order valence-corrected chi connectivity index (χ3v) is 3.72. The van der Waals surface area contributed by atoms with Crippen LogP contribution in [0.15, 0.2) is 48.5 Å². The summed E-state index contributed by atoms with van der Waals surface area (Å²) in [5.41, 5.74) is 2.22. The molecule has 3 nitrogen and oxygen atoms in total. The molecule has 0 aliphatic rings. The summed E-state index contributed by atoms with van der Waals surface area (Å²) in [6, 6.07) is 15.5. The fraction of sp³-hybridized carbons (Fsp3) is 0.278. The van der Waals surface area contributed by atoms with Crippen LogP contribution in [-0.2, 0) is 17.6 Å². The normalized spacial score (nSPS) is 10.3. The maximum Gasteiger partial charge on any atom is 0.257 e. The molecule has 0 heterocycles. The molecule has 1 N–H and O–H groups in total. The molecule has 0 aromatic heterocycles. The number of nitrogens with one attached hydrogen (secondary N) is 1. The predicted octanol–water partition coefficient (Wildman–Crippen LogP) is 3.64. The number of ether oxygens (including phenoxy) is 1. The van der Waals surface area contributed by atoms with Crippen molar-refractivity contribution < 1.29 is 9.53 Å². The SMILES string of the molecule is CCc1cc(OCC(=O)NCCc2ccccc2)ccc1Cl. The van der Waals surface area contributed by atoms with Crippen LogP contribution in [0.4, 0.5) is 0 Å². The number of benzene rings is 2. The molecule has 4 heteroatoms. The number of carbonyl (C=O) groups is 1. The molecule has 0 radical (unpaired) electrons. The van der Waals surface area contributed by atoms with Crippen molar-refractivity contribution in [1.29, 1.82) is 0 Å². The Kier molecular flexibility index (Phi) is 6.28. The number of hydrogen-bond donors (Lipinski definition) is 1. The molecule has 0 spiro atoms. The highest BCUT2D eigenvalue weighted by Gasteiger charge is 2.05. The number of rotatable bonds is 7. The molecule has 2 rings (SSSR count). The van der Waals surface area contributed by atoms with E-state index in [2.05, 4.69) is 5.32 Å². The number of hydrogen-bond acceptors (Lipinski definition) is 2. The van der Waals surface area contributed by atoms with Crippen molar-refractivity contribution >= 4 is 17.5 Å². The van der Waals surface area contributed by atoms with Gasteiger partial charge in [0.15, 0.2) is 6.61 Å². The summed E-state index contributed by atoms with van der Waals surface area (Å²) in [5.74, 6) is 0.545. The Hall–Kier alpha value is -2.00. The Labute approximate surface area is 136 Å². The van der Waals surface area contributed by atoms with Gasteiger partial charge in [-0.1, -0.05) is 48.9 Å². The van der Waals surface area contributed by atoms with Crippen molar-refractivity contribution in [1.82, 2.24) is 5.32 Å². The van der Waals surface area contributed by atoms with Crippen molar-refractivity contribution in [2.45, 2.75) is 19.8 Å². The van der Waals surface area contributed by atoms with Gasteiger partial charge in [-0.05, 0) is 42.2 Å². The van der Waals surface area contributed by atoms with Gasteiger partial charge in [-0.15, -0.1) is 0 Å². The summed E-state index contributed by atoms with van der Waals surface area (Å²) in [6.45, 7) is 2.65. The van der Waals surface area contributed by atoms with E-state index in [0.717, 1.165) is 23.4 Å². The Morgan fingerprint density at radius 1 is 1.18 bits per heavy atom. The van der Waals surface area contributed by atoms with E-state index in [1.54, 1.807) is 12.1 Å². The predicted molar refractivity (Wildman–Crippen MR) is 89.5 cm³/mol. The zero-order chi connectivity index (χ0) is 15.8. The van der Waals surface area contributed by atoms with Gasteiger partial charge in [-0.3, -0.25) is 4.79 Å². The van der Waals surface area contributed by atoms with E-state index in [1.807, 2.05) is 43.3 Å². The minimum absolute atomic E-state index is 0.0135. The molecule has 0 unspecified atom stereocenters. The van der Waals surface area contributed by atoms with E-state index in [0.29, 0.717) is 12.3 Å². The lowest BCUT2D eigenvalue weighted by atomic mass is 10.1. The molecule has 2 aromatic carbocycles. The third kappa shape index (κ3) is 5.08. The number of carbonyl (C=O) groups excluding carboxylic acids is 1. The first kappa shape index (κ1) is 16.4. The molecular weight excluding hydrogens is 298 g/mol. The quantitative estimate of drug-likeness (QED) is 0.846. The number of amides is 1. The maximum atomic E-state index is 11.8. The summed E-state index contributed by atoms with van der Waals surface area (Å²) in [5, 5.41) is 3.58. The minimum Gasteiger partial charge on any atom is -0.484 e. The van der Waals surface area contributed by atoms with Crippen molar-refractivity contribution in [3.8, 4) is 5.75 Å². The van der Waals surface area contributed by atoms with Gasteiger partial charge in [0.1, 0.15) is 5.75 Å². The van der Waals surface area contributed by atoms with Crippen molar-refractivity contribution in [2.24, 2.45) is 0 Å². The second-order valence-corrected chi connectivity index (χ2v) is 5.39. The first-order chi connectivity index (χ1) is 10.7. The average Bonchev–Trinajstić information content (AvgIpc) is 2.55. The average molecular weight is 318 g/mol. The molecule has 2 aromatic rings. The molecule has 0 saturated carbocycles. The van der Waals surface area contributed by atoms with E-state index in [-0.39, 0.29) is 12.5 Å². The van der Waals surface area contributed by atoms with E-state index in [1.165, 1.54) is 5.56 Å². The molecule has 1 amide bonds. The van der Waals surface area contributed by atoms with Gasteiger partial charge >= 0.3 is 0 Å². The Morgan fingerprint density at radius 3 is 2.68 bits per heavy atom. The lowest BCUT2D eigenvalue weighted by Gasteiger charge is -2.09. The van der Waals surface area contributed by atoms with Crippen LogP contribution in [-0.4, -0.2) is 19.1 Å². The monoisotopic (exact) mass is 317 g/mol. The van der Waals surface area contributed by atoms with Crippen LogP contribution in [0.3, 0.4) is 0 Å². The highest BCUT2D eigenvalue weighted by molar-refractivity contribution is 6.31. The van der Waals surface area contributed by atoms with Gasteiger partial charge in [0.05, 0.1) is 0 Å². The van der Waals surface area contributed by atoms with E-state index in [4.69, 9.17) is 16.3 Å². The highest BCUT2D eigenvalue weighted by Crippen LogP contribution is 2.22. The zero-order valence-corrected chi connectivity index (χ0v) is 13.4. The molecular formula is C18H20ClNO2. The summed E-state index contributed by atoms with van der Waals surface area (Å²) in [6.07, 6.45) is 1.65. The van der Waals surface area contributed by atoms with Crippen molar-refractivity contribution in [3.63, 3.8) is 0 Å². The molecule has 0 saturated heterocycles. The Balaban J connectivity index is 1.73. The summed E-state index contributed by atoms with van der Waals surface area (Å²) in [4.78, 5) is 11.8. The summed E-state index contributed by atoms with van der Waals surface area (Å²) < 4.78 is 5.50. The van der Waals surface area contributed by atoms with E-state index in [9.17, 15) is 4.79 Å². The van der Waals surface area contributed by atoms with Gasteiger partial charge < -0.3 is 10.1 Å². The molecule has 0 bridgehead atoms. The maximum absolute atomic E-state index is 11.8. The second kappa shape index (κ2) is 8.44. The van der Waals surface area contributed by atoms with E-state index < -0.39 is 0 Å². The fourth-order valence-corrected chi connectivity index (χ4v) is 2.35. The lowest BCUT2D eigenvalue weighted by molar-refractivity contribution is -0.123. The molecule has 0 atom stereocenters. The number of halogens is 1. The summed E-state index contributed by atoms with van der Waals surface area (Å²) in [7, 11) is 0. The van der Waals surface area contributed by atoms with Crippen LogP contribution < -0.4 is 10.1 Å². The number of aryl methyl sites for hydroxylation is 1. The smallest absolute Gasteiger partial charge is 0.257 e. The van der Waals surface area contributed by atoms with Gasteiger partial charge in [0.2, 0.25) is 0 Å². The van der Waals surface area contributed by atoms with Crippen LogP contribution in [0.1, 0.15) is 18.1 Å². The Morgan fingerprint density at radius 2 is 1.95 bits per heavy atom. The van der Waals surface area contributed by atoms with E-state index >= 15 is 0 Å². The summed E-state index contributed by atoms with van der Waals surface area (Å²) >= 11 is 6.05. The first-order valence-electron chi connectivity index (χ1n) is 7.41. The Bertz CT molecular complexity index is 614. The fourth-order valence-electron chi connectivity index (χ4n) is 2.10. The van der Waals surface area contributed by atoms with Crippen LogP contribution in [0, 0.1) is 0 Å². The van der Waals surface area contributed by atoms with Crippen molar-refractivity contribution in [2.75, 3.05) is 13.2 Å². The standard InChI is InChI=1S/C18H20ClNO2/c1-2-15-12-16(8-9-17(15)19)22-13-18(21)20-11-10-14-6-4-3-5-7-14/h3-9,12H,2,10-11,13H2,1H3,(H,20,21). The molecule has 0 aliphatic heterocycles. The molecule has 0 fully saturated rings. The van der Waals surface area contributed by atoms with Gasteiger partial charge in [-0.25, -0.2) is 0 Å². The second-order valence-electron chi connectivity index (χ2n) is 4.98. The first-order valence-corrected chi connectivity index (χ1v) is 7.78. The molecule has 22 heavy (non-hydrogen) atoms. The topological polar surface area (TPSA) is 38.3 Å². The van der Waals surface area contributed by atoms with Gasteiger partial charge in [0.25, 0.3) is 5.91 Å². The zero-order valence-electron chi connectivity index (χ0n) is 12.6. The third-order valence-electron chi connectivity index (χ3n) is 3.35. The van der Waals surface area contributed by atoms with Crippen LogP contribution >= 0.6 is 11.6 Å². The lowest BCUT2D eigenvalue weighted by Crippen LogP contribution is -2.30. The minimum atomic E-state index is -0.121. The van der Waals surface area contributed by atoms with Gasteiger partial charge in [-0.2, -0.15) is 0 Å². The molecule has 116 valence electrons. The van der Waals surface area contributed by atoms with Gasteiger partial charge in [0, 0.05) is 11.6 Å². The molecule has 0 aliphatic carbocycles. The van der Waals surface area contributed by atoms with Crippen molar-refractivity contribution in [3.05, 3.63) is 64.7 Å². The van der Waals surface area contributed by atoms with Crippen LogP contribution in [0.5, 0.6) is 5.75 Å². The largest absolute Gasteiger partial charge is 0.484 e.